The molecule has 1 saturated carbocycles. The number of aryl methyl sites for hydroxylation is 2. The monoisotopic (exact) mass is 261 g/mol. The zero-order valence-corrected chi connectivity index (χ0v) is 12.5. The number of aliphatic hydroxyl groups is 1. The summed E-state index contributed by atoms with van der Waals surface area (Å²) in [6.45, 7) is 7.44. The summed E-state index contributed by atoms with van der Waals surface area (Å²) < 4.78 is 0. The maximum absolute atomic E-state index is 10.8. The third-order valence-electron chi connectivity index (χ3n) is 4.43. The molecule has 1 aromatic rings. The molecule has 0 aliphatic heterocycles. The van der Waals surface area contributed by atoms with E-state index in [0.29, 0.717) is 6.04 Å². The van der Waals surface area contributed by atoms with E-state index in [1.165, 1.54) is 16.7 Å². The highest BCUT2D eigenvalue weighted by atomic mass is 16.3. The van der Waals surface area contributed by atoms with Crippen molar-refractivity contribution in [1.82, 2.24) is 5.32 Å². The van der Waals surface area contributed by atoms with Gasteiger partial charge in [-0.25, -0.2) is 0 Å². The molecule has 2 N–H and O–H groups in total. The summed E-state index contributed by atoms with van der Waals surface area (Å²) in [6, 6.07) is 7.14. The van der Waals surface area contributed by atoms with Gasteiger partial charge in [0, 0.05) is 12.5 Å². The van der Waals surface area contributed by atoms with E-state index in [4.69, 9.17) is 0 Å². The zero-order valence-electron chi connectivity index (χ0n) is 12.5. The highest BCUT2D eigenvalue weighted by Crippen LogP contribution is 2.32. The SMILES string of the molecule is CCNC1CCC(O)(Cc2cc(C)ccc2C)CC1. The fourth-order valence-corrected chi connectivity index (χ4v) is 3.17. The van der Waals surface area contributed by atoms with Gasteiger partial charge in [0.15, 0.2) is 0 Å². The van der Waals surface area contributed by atoms with E-state index in [9.17, 15) is 5.11 Å². The molecule has 0 amide bonds. The van der Waals surface area contributed by atoms with E-state index in [0.717, 1.165) is 38.6 Å². The minimum atomic E-state index is -0.496. The topological polar surface area (TPSA) is 32.3 Å². The average Bonchev–Trinajstić information content (AvgIpc) is 2.37. The molecule has 0 atom stereocenters. The summed E-state index contributed by atoms with van der Waals surface area (Å²) in [5, 5.41) is 14.3. The molecule has 0 aromatic heterocycles. The van der Waals surface area contributed by atoms with Crippen molar-refractivity contribution in [3.05, 3.63) is 34.9 Å². The van der Waals surface area contributed by atoms with Crippen LogP contribution in [0.5, 0.6) is 0 Å². The van der Waals surface area contributed by atoms with Crippen molar-refractivity contribution in [2.24, 2.45) is 0 Å². The summed E-state index contributed by atoms with van der Waals surface area (Å²) in [7, 11) is 0. The van der Waals surface area contributed by atoms with Gasteiger partial charge in [-0.1, -0.05) is 30.7 Å². The Labute approximate surface area is 117 Å². The predicted molar refractivity (Wildman–Crippen MR) is 80.5 cm³/mol. The maximum Gasteiger partial charge on any atom is 0.0689 e. The van der Waals surface area contributed by atoms with E-state index >= 15 is 0 Å². The van der Waals surface area contributed by atoms with Crippen LogP contribution in [0.4, 0.5) is 0 Å². The number of rotatable bonds is 4. The Kier molecular flexibility index (Phi) is 4.64. The Balaban J connectivity index is 2.00. The summed E-state index contributed by atoms with van der Waals surface area (Å²) in [5.41, 5.74) is 3.40. The highest BCUT2D eigenvalue weighted by molar-refractivity contribution is 5.31. The van der Waals surface area contributed by atoms with E-state index in [1.54, 1.807) is 0 Å². The summed E-state index contributed by atoms with van der Waals surface area (Å²) in [6.07, 6.45) is 4.82. The van der Waals surface area contributed by atoms with E-state index in [2.05, 4.69) is 44.3 Å². The molecule has 2 rings (SSSR count). The number of hydrogen-bond donors (Lipinski definition) is 2. The molecule has 0 bridgehead atoms. The van der Waals surface area contributed by atoms with Gasteiger partial charge in [0.1, 0.15) is 0 Å². The van der Waals surface area contributed by atoms with Gasteiger partial charge in [0.05, 0.1) is 5.60 Å². The first-order valence-electron chi connectivity index (χ1n) is 7.54. The Bertz CT molecular complexity index is 419. The van der Waals surface area contributed by atoms with Crippen molar-refractivity contribution in [1.29, 1.82) is 0 Å². The minimum absolute atomic E-state index is 0.496. The van der Waals surface area contributed by atoms with Gasteiger partial charge in [-0.3, -0.25) is 0 Å². The Morgan fingerprint density at radius 2 is 1.95 bits per heavy atom. The first-order chi connectivity index (χ1) is 9.02. The lowest BCUT2D eigenvalue weighted by molar-refractivity contribution is -0.00307. The molecule has 0 spiro atoms. The molecule has 0 radical (unpaired) electrons. The first kappa shape index (κ1) is 14.5. The molecule has 2 heteroatoms. The van der Waals surface area contributed by atoms with Gasteiger partial charge in [0.25, 0.3) is 0 Å². The van der Waals surface area contributed by atoms with E-state index in [1.807, 2.05) is 0 Å². The number of benzene rings is 1. The second kappa shape index (κ2) is 6.06. The lowest BCUT2D eigenvalue weighted by Gasteiger charge is -2.37. The summed E-state index contributed by atoms with van der Waals surface area (Å²) in [5.74, 6) is 0. The zero-order chi connectivity index (χ0) is 13.9. The molecular formula is C17H27NO. The van der Waals surface area contributed by atoms with Gasteiger partial charge < -0.3 is 10.4 Å². The van der Waals surface area contributed by atoms with Crippen LogP contribution in [0.25, 0.3) is 0 Å². The minimum Gasteiger partial charge on any atom is -0.390 e. The fourth-order valence-electron chi connectivity index (χ4n) is 3.17. The van der Waals surface area contributed by atoms with Crippen LogP contribution in [-0.2, 0) is 6.42 Å². The molecule has 1 fully saturated rings. The van der Waals surface area contributed by atoms with Crippen LogP contribution in [0.15, 0.2) is 18.2 Å². The lowest BCUT2D eigenvalue weighted by Crippen LogP contribution is -2.42. The lowest BCUT2D eigenvalue weighted by atomic mass is 9.77. The van der Waals surface area contributed by atoms with Crippen molar-refractivity contribution >= 4 is 0 Å². The van der Waals surface area contributed by atoms with Crippen molar-refractivity contribution in [2.75, 3.05) is 6.54 Å². The van der Waals surface area contributed by atoms with Gasteiger partial charge in [-0.05, 0) is 57.2 Å². The summed E-state index contributed by atoms with van der Waals surface area (Å²) >= 11 is 0. The molecule has 106 valence electrons. The number of hydrogen-bond acceptors (Lipinski definition) is 2. The third-order valence-corrected chi connectivity index (χ3v) is 4.43. The highest BCUT2D eigenvalue weighted by Gasteiger charge is 2.33. The Morgan fingerprint density at radius 3 is 2.58 bits per heavy atom. The van der Waals surface area contributed by atoms with Crippen molar-refractivity contribution in [3.8, 4) is 0 Å². The van der Waals surface area contributed by atoms with Gasteiger partial charge in [-0.15, -0.1) is 0 Å². The predicted octanol–water partition coefficient (Wildman–Crippen LogP) is 3.13. The summed E-state index contributed by atoms with van der Waals surface area (Å²) in [4.78, 5) is 0. The molecule has 0 saturated heterocycles. The van der Waals surface area contributed by atoms with Crippen molar-refractivity contribution in [3.63, 3.8) is 0 Å². The van der Waals surface area contributed by atoms with E-state index < -0.39 is 5.60 Å². The standard InChI is InChI=1S/C17H27NO/c1-4-18-16-7-9-17(19,10-8-16)12-15-11-13(2)5-6-14(15)3/h5-6,11,16,18-19H,4,7-10,12H2,1-3H3. The number of nitrogens with one attached hydrogen (secondary N) is 1. The maximum atomic E-state index is 10.8. The molecule has 19 heavy (non-hydrogen) atoms. The molecule has 0 heterocycles. The van der Waals surface area contributed by atoms with Crippen molar-refractivity contribution in [2.45, 2.75) is 64.5 Å². The van der Waals surface area contributed by atoms with Crippen LogP contribution in [0.2, 0.25) is 0 Å². The average molecular weight is 261 g/mol. The second-order valence-corrected chi connectivity index (χ2v) is 6.16. The molecule has 2 nitrogen and oxygen atoms in total. The molecule has 1 aliphatic carbocycles. The second-order valence-electron chi connectivity index (χ2n) is 6.16. The van der Waals surface area contributed by atoms with Gasteiger partial charge in [0.2, 0.25) is 0 Å². The molecular weight excluding hydrogens is 234 g/mol. The Hall–Kier alpha value is -0.860. The van der Waals surface area contributed by atoms with E-state index in [-0.39, 0.29) is 0 Å². The smallest absolute Gasteiger partial charge is 0.0689 e. The van der Waals surface area contributed by atoms with Crippen LogP contribution in [0, 0.1) is 13.8 Å². The van der Waals surface area contributed by atoms with Crippen molar-refractivity contribution < 1.29 is 5.11 Å². The van der Waals surface area contributed by atoms with Crippen LogP contribution < -0.4 is 5.32 Å². The largest absolute Gasteiger partial charge is 0.390 e. The molecule has 1 aromatic carbocycles. The van der Waals surface area contributed by atoms with Crippen LogP contribution in [0.3, 0.4) is 0 Å². The van der Waals surface area contributed by atoms with Crippen LogP contribution in [0.1, 0.15) is 49.3 Å². The van der Waals surface area contributed by atoms with Gasteiger partial charge >= 0.3 is 0 Å². The first-order valence-corrected chi connectivity index (χ1v) is 7.54. The molecule has 0 unspecified atom stereocenters. The normalized spacial score (nSPS) is 27.5. The Morgan fingerprint density at radius 1 is 1.26 bits per heavy atom. The fraction of sp³-hybridized carbons (Fsp3) is 0.647. The van der Waals surface area contributed by atoms with Crippen LogP contribution in [-0.4, -0.2) is 23.3 Å². The van der Waals surface area contributed by atoms with Gasteiger partial charge in [-0.2, -0.15) is 0 Å². The quantitative estimate of drug-likeness (QED) is 0.873. The third kappa shape index (κ3) is 3.80. The van der Waals surface area contributed by atoms with Crippen LogP contribution >= 0.6 is 0 Å². The molecule has 1 aliphatic rings.